The van der Waals surface area contributed by atoms with E-state index in [-0.39, 0.29) is 5.56 Å². The minimum absolute atomic E-state index is 0.172. The van der Waals surface area contributed by atoms with E-state index in [2.05, 4.69) is 25.9 Å². The Morgan fingerprint density at radius 1 is 1.45 bits per heavy atom. The summed E-state index contributed by atoms with van der Waals surface area (Å²) < 4.78 is 5.83. The molecule has 0 spiro atoms. The molecule has 0 unspecified atom stereocenters. The topological polar surface area (TPSA) is 55.0 Å². The van der Waals surface area contributed by atoms with Gasteiger partial charge in [0.25, 0.3) is 5.56 Å². The van der Waals surface area contributed by atoms with Crippen LogP contribution in [0.15, 0.2) is 27.5 Å². The maximum Gasteiger partial charge on any atom is 0.265 e. The average molecular weight is 356 g/mol. The predicted octanol–water partition coefficient (Wildman–Crippen LogP) is 3.74. The summed E-state index contributed by atoms with van der Waals surface area (Å²) in [5, 5.41) is 0.576. The Labute approximate surface area is 129 Å². The van der Waals surface area contributed by atoms with Crippen LogP contribution in [0.3, 0.4) is 0 Å². The number of nitrogens with one attached hydrogen (secondary N) is 1. The minimum Gasteiger partial charge on any atom is -0.496 e. The largest absolute Gasteiger partial charge is 0.496 e. The van der Waals surface area contributed by atoms with Crippen molar-refractivity contribution in [2.75, 3.05) is 7.11 Å². The highest BCUT2D eigenvalue weighted by Gasteiger charge is 2.29. The van der Waals surface area contributed by atoms with E-state index in [1.807, 2.05) is 0 Å². The molecular formula is C14H12BrClN2O2. The lowest BCUT2D eigenvalue weighted by Gasteiger charge is -2.10. The van der Waals surface area contributed by atoms with Crippen LogP contribution in [-0.4, -0.2) is 17.1 Å². The molecule has 3 rings (SSSR count). The maximum atomic E-state index is 12.0. The molecule has 1 aliphatic rings. The fraction of sp³-hybridized carbons (Fsp3) is 0.286. The highest BCUT2D eigenvalue weighted by molar-refractivity contribution is 9.10. The first kappa shape index (κ1) is 13.6. The molecular weight excluding hydrogens is 344 g/mol. The predicted molar refractivity (Wildman–Crippen MR) is 81.5 cm³/mol. The van der Waals surface area contributed by atoms with E-state index in [1.165, 1.54) is 0 Å². The summed E-state index contributed by atoms with van der Waals surface area (Å²) in [6.07, 6.45) is 2.15. The molecule has 2 aromatic rings. The molecule has 0 amide bonds. The monoisotopic (exact) mass is 354 g/mol. The van der Waals surface area contributed by atoms with Gasteiger partial charge < -0.3 is 9.72 Å². The molecule has 0 radical (unpaired) electrons. The van der Waals surface area contributed by atoms with Gasteiger partial charge >= 0.3 is 0 Å². The zero-order valence-electron chi connectivity index (χ0n) is 10.7. The summed E-state index contributed by atoms with van der Waals surface area (Å²) in [5.41, 5.74) is 1.37. The van der Waals surface area contributed by atoms with E-state index in [9.17, 15) is 4.79 Å². The van der Waals surface area contributed by atoms with Crippen LogP contribution in [0, 0.1) is 0 Å². The minimum atomic E-state index is -0.172. The third kappa shape index (κ3) is 2.47. The van der Waals surface area contributed by atoms with E-state index >= 15 is 0 Å². The van der Waals surface area contributed by atoms with Gasteiger partial charge in [0.1, 0.15) is 16.0 Å². The number of hydrogen-bond acceptors (Lipinski definition) is 3. The van der Waals surface area contributed by atoms with Crippen LogP contribution in [0.2, 0.25) is 5.02 Å². The normalized spacial score (nSPS) is 14.3. The van der Waals surface area contributed by atoms with Crippen LogP contribution in [0.5, 0.6) is 5.75 Å². The second-order valence-electron chi connectivity index (χ2n) is 4.73. The van der Waals surface area contributed by atoms with E-state index in [4.69, 9.17) is 16.3 Å². The van der Waals surface area contributed by atoms with E-state index in [0.717, 1.165) is 24.1 Å². The van der Waals surface area contributed by atoms with Crippen molar-refractivity contribution in [1.82, 2.24) is 9.97 Å². The Morgan fingerprint density at radius 2 is 2.20 bits per heavy atom. The van der Waals surface area contributed by atoms with Gasteiger partial charge in [0.05, 0.1) is 18.4 Å². The van der Waals surface area contributed by atoms with Crippen LogP contribution >= 0.6 is 27.5 Å². The second-order valence-corrected chi connectivity index (χ2v) is 5.96. The van der Waals surface area contributed by atoms with Crippen molar-refractivity contribution in [2.24, 2.45) is 0 Å². The van der Waals surface area contributed by atoms with E-state index < -0.39 is 0 Å². The quantitative estimate of drug-likeness (QED) is 0.912. The lowest BCUT2D eigenvalue weighted by Crippen LogP contribution is -2.13. The van der Waals surface area contributed by atoms with Crippen molar-refractivity contribution in [2.45, 2.75) is 18.8 Å². The van der Waals surface area contributed by atoms with Crippen LogP contribution in [0.4, 0.5) is 0 Å². The third-order valence-corrected chi connectivity index (χ3v) is 4.27. The number of methoxy groups -OCH3 is 1. The molecule has 104 valence electrons. The molecule has 1 N–H and O–H groups in total. The first-order chi connectivity index (χ1) is 9.60. The smallest absolute Gasteiger partial charge is 0.265 e. The van der Waals surface area contributed by atoms with Crippen molar-refractivity contribution in [1.29, 1.82) is 0 Å². The Balaban J connectivity index is 2.17. The first-order valence-electron chi connectivity index (χ1n) is 6.23. The highest BCUT2D eigenvalue weighted by Crippen LogP contribution is 2.42. The summed E-state index contributed by atoms with van der Waals surface area (Å²) >= 11 is 9.27. The fourth-order valence-electron chi connectivity index (χ4n) is 2.09. The zero-order chi connectivity index (χ0) is 14.3. The summed E-state index contributed by atoms with van der Waals surface area (Å²) in [5.74, 6) is 1.47. The van der Waals surface area contributed by atoms with E-state index in [0.29, 0.717) is 27.0 Å². The highest BCUT2D eigenvalue weighted by atomic mass is 79.9. The lowest BCUT2D eigenvalue weighted by molar-refractivity contribution is 0.416. The molecule has 1 heterocycles. The lowest BCUT2D eigenvalue weighted by atomic mass is 10.1. The molecule has 4 nitrogen and oxygen atoms in total. The first-order valence-corrected chi connectivity index (χ1v) is 7.41. The third-order valence-electron chi connectivity index (χ3n) is 3.27. The van der Waals surface area contributed by atoms with Gasteiger partial charge in [-0.15, -0.1) is 0 Å². The van der Waals surface area contributed by atoms with Crippen molar-refractivity contribution in [3.63, 3.8) is 0 Å². The van der Waals surface area contributed by atoms with Crippen LogP contribution in [0.25, 0.3) is 11.4 Å². The van der Waals surface area contributed by atoms with Crippen molar-refractivity contribution >= 4 is 27.5 Å². The molecule has 1 aromatic carbocycles. The van der Waals surface area contributed by atoms with Gasteiger partial charge in [0.2, 0.25) is 0 Å². The number of rotatable bonds is 3. The standard InChI is InChI=1S/C14H12BrClN2O2/c1-20-10-6-8(16)4-5-9(10)13-17-12(7-2-3-7)11(15)14(19)18-13/h4-7H,2-3H2,1H3,(H,17,18,19). The molecule has 0 aliphatic heterocycles. The van der Waals surface area contributed by atoms with Crippen LogP contribution < -0.4 is 10.3 Å². The van der Waals surface area contributed by atoms with Gasteiger partial charge in [0, 0.05) is 10.9 Å². The van der Waals surface area contributed by atoms with Gasteiger partial charge in [-0.3, -0.25) is 4.79 Å². The van der Waals surface area contributed by atoms with Gasteiger partial charge in [-0.05, 0) is 47.0 Å². The molecule has 1 aromatic heterocycles. The Bertz CT molecular complexity index is 726. The number of benzene rings is 1. The van der Waals surface area contributed by atoms with Gasteiger partial charge in [-0.25, -0.2) is 4.98 Å². The second kappa shape index (κ2) is 5.22. The number of hydrogen-bond donors (Lipinski definition) is 1. The average Bonchev–Trinajstić information content (AvgIpc) is 3.26. The Morgan fingerprint density at radius 3 is 2.85 bits per heavy atom. The fourth-order valence-corrected chi connectivity index (χ4v) is 2.77. The van der Waals surface area contributed by atoms with Crippen LogP contribution in [-0.2, 0) is 0 Å². The molecule has 0 bridgehead atoms. The Kier molecular flexibility index (Phi) is 3.56. The van der Waals surface area contributed by atoms with Gasteiger partial charge in [-0.2, -0.15) is 0 Å². The molecule has 1 fully saturated rings. The molecule has 1 aliphatic carbocycles. The maximum absolute atomic E-state index is 12.0. The molecule has 20 heavy (non-hydrogen) atoms. The van der Waals surface area contributed by atoms with Gasteiger partial charge in [0.15, 0.2) is 0 Å². The molecule has 1 saturated carbocycles. The number of H-pyrrole nitrogens is 1. The van der Waals surface area contributed by atoms with Crippen molar-refractivity contribution < 1.29 is 4.74 Å². The zero-order valence-corrected chi connectivity index (χ0v) is 13.1. The number of halogens is 2. The summed E-state index contributed by atoms with van der Waals surface area (Å²) in [6.45, 7) is 0. The number of aromatic nitrogens is 2. The molecule has 6 heteroatoms. The molecule has 0 saturated heterocycles. The van der Waals surface area contributed by atoms with E-state index in [1.54, 1.807) is 25.3 Å². The summed E-state index contributed by atoms with van der Waals surface area (Å²) in [6, 6.07) is 5.25. The number of aromatic amines is 1. The summed E-state index contributed by atoms with van der Waals surface area (Å²) in [4.78, 5) is 19.4. The van der Waals surface area contributed by atoms with Crippen LogP contribution in [0.1, 0.15) is 24.5 Å². The SMILES string of the molecule is COc1cc(Cl)ccc1-c1nc(C2CC2)c(Br)c(=O)[nH]1. The van der Waals surface area contributed by atoms with Gasteiger partial charge in [-0.1, -0.05) is 11.6 Å². The van der Waals surface area contributed by atoms with Crippen molar-refractivity contribution in [3.05, 3.63) is 43.7 Å². The Hall–Kier alpha value is -1.33. The molecule has 0 atom stereocenters. The number of ether oxygens (including phenoxy) is 1. The number of nitrogens with zero attached hydrogens (tertiary/aromatic N) is 1. The van der Waals surface area contributed by atoms with Crippen molar-refractivity contribution in [3.8, 4) is 17.1 Å². The summed E-state index contributed by atoms with van der Waals surface area (Å²) in [7, 11) is 1.56.